The number of carbonyl (C=O) groups is 1. The van der Waals surface area contributed by atoms with Crippen molar-refractivity contribution >= 4 is 33.2 Å². The summed E-state index contributed by atoms with van der Waals surface area (Å²) in [5, 5.41) is 2.86. The first-order chi connectivity index (χ1) is 10.2. The van der Waals surface area contributed by atoms with Crippen molar-refractivity contribution in [2.75, 3.05) is 23.3 Å². The summed E-state index contributed by atoms with van der Waals surface area (Å²) in [6.07, 6.45) is 2.51. The van der Waals surface area contributed by atoms with E-state index in [0.717, 1.165) is 18.8 Å². The quantitative estimate of drug-likeness (QED) is 0.862. The largest absolute Gasteiger partial charge is 0.372 e. The van der Waals surface area contributed by atoms with E-state index in [2.05, 4.69) is 43.3 Å². The molecule has 0 atom stereocenters. The number of carbonyl (C=O) groups excluding carboxylic acids is 1. The van der Waals surface area contributed by atoms with Gasteiger partial charge in [-0.3, -0.25) is 4.79 Å². The van der Waals surface area contributed by atoms with Crippen LogP contribution in [0.2, 0.25) is 0 Å². The van der Waals surface area contributed by atoms with E-state index in [9.17, 15) is 4.79 Å². The van der Waals surface area contributed by atoms with E-state index in [4.69, 9.17) is 0 Å². The van der Waals surface area contributed by atoms with Gasteiger partial charge in [0.05, 0.1) is 0 Å². The van der Waals surface area contributed by atoms with Gasteiger partial charge >= 0.3 is 0 Å². The topological polar surface area (TPSA) is 45.2 Å². The van der Waals surface area contributed by atoms with E-state index in [1.165, 1.54) is 18.5 Å². The van der Waals surface area contributed by atoms with E-state index in [-0.39, 0.29) is 5.91 Å². The van der Waals surface area contributed by atoms with Crippen molar-refractivity contribution in [3.05, 3.63) is 52.8 Å². The van der Waals surface area contributed by atoms with Gasteiger partial charge in [-0.05, 0) is 65.2 Å². The van der Waals surface area contributed by atoms with Gasteiger partial charge in [0.15, 0.2) is 0 Å². The predicted octanol–water partition coefficient (Wildman–Crippen LogP) is 3.70. The lowest BCUT2D eigenvalue weighted by Gasteiger charge is -2.17. The van der Waals surface area contributed by atoms with Gasteiger partial charge < -0.3 is 10.2 Å². The Balaban J connectivity index is 1.68. The number of benzene rings is 1. The lowest BCUT2D eigenvalue weighted by Crippen LogP contribution is -2.17. The molecule has 0 radical (unpaired) electrons. The van der Waals surface area contributed by atoms with Crippen molar-refractivity contribution < 1.29 is 4.79 Å². The Morgan fingerprint density at radius 2 is 1.81 bits per heavy atom. The summed E-state index contributed by atoms with van der Waals surface area (Å²) < 4.78 is 0.652. The molecule has 0 bridgehead atoms. The summed E-state index contributed by atoms with van der Waals surface area (Å²) in [5.74, 6) is -0.203. The number of hydrogen-bond donors (Lipinski definition) is 1. The second kappa shape index (κ2) is 6.26. The fourth-order valence-electron chi connectivity index (χ4n) is 2.46. The highest BCUT2D eigenvalue weighted by Crippen LogP contribution is 2.22. The Morgan fingerprint density at radius 3 is 2.48 bits per heavy atom. The molecule has 1 aliphatic heterocycles. The third-order valence-electron chi connectivity index (χ3n) is 3.54. The molecule has 3 rings (SSSR count). The summed E-state index contributed by atoms with van der Waals surface area (Å²) in [7, 11) is 0. The molecule has 0 saturated carbocycles. The minimum atomic E-state index is -0.203. The van der Waals surface area contributed by atoms with Crippen molar-refractivity contribution in [3.63, 3.8) is 0 Å². The van der Waals surface area contributed by atoms with Crippen LogP contribution in [-0.2, 0) is 0 Å². The minimum Gasteiger partial charge on any atom is -0.372 e. The molecule has 0 unspecified atom stereocenters. The van der Waals surface area contributed by atoms with E-state index in [1.54, 1.807) is 18.2 Å². The molecule has 21 heavy (non-hydrogen) atoms. The molecule has 2 heterocycles. The zero-order valence-corrected chi connectivity index (χ0v) is 13.1. The van der Waals surface area contributed by atoms with Gasteiger partial charge in [0, 0.05) is 24.5 Å². The van der Waals surface area contributed by atoms with Crippen LogP contribution in [0.4, 0.5) is 11.4 Å². The van der Waals surface area contributed by atoms with Gasteiger partial charge in [-0.15, -0.1) is 0 Å². The number of anilines is 2. The minimum absolute atomic E-state index is 0.203. The van der Waals surface area contributed by atoms with E-state index in [0.29, 0.717) is 10.3 Å². The van der Waals surface area contributed by atoms with Gasteiger partial charge in [-0.2, -0.15) is 0 Å². The van der Waals surface area contributed by atoms with Crippen LogP contribution in [0.1, 0.15) is 23.3 Å². The van der Waals surface area contributed by atoms with Gasteiger partial charge in [0.25, 0.3) is 5.91 Å². The van der Waals surface area contributed by atoms with Crippen molar-refractivity contribution in [3.8, 4) is 0 Å². The zero-order chi connectivity index (χ0) is 14.7. The van der Waals surface area contributed by atoms with Crippen molar-refractivity contribution in [2.24, 2.45) is 0 Å². The molecule has 1 aromatic carbocycles. The van der Waals surface area contributed by atoms with Crippen molar-refractivity contribution in [1.82, 2.24) is 4.98 Å². The number of rotatable bonds is 3. The second-order valence-corrected chi connectivity index (χ2v) is 5.85. The smallest absolute Gasteiger partial charge is 0.274 e. The molecule has 1 aliphatic rings. The highest BCUT2D eigenvalue weighted by molar-refractivity contribution is 9.10. The molecule has 108 valence electrons. The summed E-state index contributed by atoms with van der Waals surface area (Å²) in [6, 6.07) is 13.3. The molecule has 4 nitrogen and oxygen atoms in total. The average Bonchev–Trinajstić information content (AvgIpc) is 3.02. The van der Waals surface area contributed by atoms with Gasteiger partial charge in [0.1, 0.15) is 10.3 Å². The Morgan fingerprint density at radius 1 is 1.10 bits per heavy atom. The second-order valence-electron chi connectivity index (χ2n) is 5.04. The first kappa shape index (κ1) is 14.1. The van der Waals surface area contributed by atoms with E-state index in [1.807, 2.05) is 12.1 Å². The van der Waals surface area contributed by atoms with E-state index < -0.39 is 0 Å². The van der Waals surface area contributed by atoms with Crippen molar-refractivity contribution in [2.45, 2.75) is 12.8 Å². The fraction of sp³-hybridized carbons (Fsp3) is 0.250. The maximum Gasteiger partial charge on any atom is 0.274 e. The molecule has 2 aromatic rings. The lowest BCUT2D eigenvalue weighted by atomic mass is 10.2. The van der Waals surface area contributed by atoms with Crippen LogP contribution in [0.5, 0.6) is 0 Å². The number of halogens is 1. The Kier molecular flexibility index (Phi) is 4.20. The maximum atomic E-state index is 12.1. The number of pyridine rings is 1. The van der Waals surface area contributed by atoms with E-state index >= 15 is 0 Å². The predicted molar refractivity (Wildman–Crippen MR) is 87.8 cm³/mol. The molecule has 1 N–H and O–H groups in total. The number of nitrogens with zero attached hydrogens (tertiary/aromatic N) is 2. The van der Waals surface area contributed by atoms with Crippen LogP contribution < -0.4 is 10.2 Å². The summed E-state index contributed by atoms with van der Waals surface area (Å²) in [5.41, 5.74) is 2.39. The molecule has 5 heteroatoms. The third kappa shape index (κ3) is 3.42. The number of amides is 1. The van der Waals surface area contributed by atoms with Crippen LogP contribution in [-0.4, -0.2) is 24.0 Å². The molecule has 1 saturated heterocycles. The summed E-state index contributed by atoms with van der Waals surface area (Å²) in [4.78, 5) is 18.6. The number of nitrogens with one attached hydrogen (secondary N) is 1. The normalized spacial score (nSPS) is 14.2. The number of hydrogen-bond acceptors (Lipinski definition) is 3. The first-order valence-corrected chi connectivity index (χ1v) is 7.80. The SMILES string of the molecule is O=C(Nc1ccc(N2CCCC2)cc1)c1cccc(Br)n1. The Hall–Kier alpha value is -1.88. The average molecular weight is 346 g/mol. The molecular weight excluding hydrogens is 330 g/mol. The van der Waals surface area contributed by atoms with Crippen LogP contribution in [0.25, 0.3) is 0 Å². The van der Waals surface area contributed by atoms with Crippen LogP contribution in [0, 0.1) is 0 Å². The Labute approximate surface area is 132 Å². The van der Waals surface area contributed by atoms with Crippen LogP contribution >= 0.6 is 15.9 Å². The highest BCUT2D eigenvalue weighted by Gasteiger charge is 2.12. The molecule has 0 spiro atoms. The fourth-order valence-corrected chi connectivity index (χ4v) is 2.80. The molecule has 0 aliphatic carbocycles. The lowest BCUT2D eigenvalue weighted by molar-refractivity contribution is 0.102. The van der Waals surface area contributed by atoms with Crippen LogP contribution in [0.3, 0.4) is 0 Å². The van der Waals surface area contributed by atoms with Gasteiger partial charge in [0.2, 0.25) is 0 Å². The monoisotopic (exact) mass is 345 g/mol. The molecule has 1 fully saturated rings. The standard InChI is InChI=1S/C16H16BrN3O/c17-15-5-3-4-14(19-15)16(21)18-12-6-8-13(9-7-12)20-10-1-2-11-20/h3-9H,1-2,10-11H2,(H,18,21). The molecule has 1 amide bonds. The summed E-state index contributed by atoms with van der Waals surface area (Å²) in [6.45, 7) is 2.24. The third-order valence-corrected chi connectivity index (χ3v) is 3.99. The highest BCUT2D eigenvalue weighted by atomic mass is 79.9. The van der Waals surface area contributed by atoms with Crippen molar-refractivity contribution in [1.29, 1.82) is 0 Å². The first-order valence-electron chi connectivity index (χ1n) is 7.01. The maximum absolute atomic E-state index is 12.1. The van der Waals surface area contributed by atoms with Gasteiger partial charge in [-0.1, -0.05) is 6.07 Å². The molecular formula is C16H16BrN3O. The summed E-state index contributed by atoms with van der Waals surface area (Å²) >= 11 is 3.27. The molecule has 1 aromatic heterocycles. The van der Waals surface area contributed by atoms with Gasteiger partial charge in [-0.25, -0.2) is 4.98 Å². The zero-order valence-electron chi connectivity index (χ0n) is 11.6. The van der Waals surface area contributed by atoms with Crippen LogP contribution in [0.15, 0.2) is 47.1 Å². The Bertz CT molecular complexity index is 636. The number of aromatic nitrogens is 1.